The minimum atomic E-state index is -0.421. The number of nitrogen functional groups attached to an aromatic ring is 1. The quantitative estimate of drug-likeness (QED) is 0.392. The second-order valence-electron chi connectivity index (χ2n) is 1.44. The molecule has 1 rings (SSSR count). The van der Waals surface area contributed by atoms with Gasteiger partial charge in [-0.2, -0.15) is 0 Å². The third kappa shape index (κ3) is 1.12. The van der Waals surface area contributed by atoms with E-state index in [1.165, 1.54) is 0 Å². The second-order valence-corrected chi connectivity index (χ2v) is 3.32. The Hall–Kier alpha value is -0.801. The van der Waals surface area contributed by atoms with E-state index in [9.17, 15) is 10.1 Å². The van der Waals surface area contributed by atoms with E-state index in [-0.39, 0.29) is 19.1 Å². The average Bonchev–Trinajstić information content (AvgIpc) is 2.13. The molecule has 0 aliphatic rings. The zero-order chi connectivity index (χ0) is 6.85. The van der Waals surface area contributed by atoms with E-state index < -0.39 is 4.92 Å². The minimum absolute atomic E-state index is 0.145. The van der Waals surface area contributed by atoms with Crippen LogP contribution in [0.25, 0.3) is 0 Å². The Morgan fingerprint density at radius 3 is 2.67 bits per heavy atom. The molecule has 1 heterocycles. The molecule has 1 aromatic heterocycles. The predicted octanol–water partition coefficient (Wildman–Crippen LogP) is 0.234. The van der Waals surface area contributed by atoms with Crippen molar-refractivity contribution < 1.29 is 4.92 Å². The molecule has 0 saturated carbocycles. The molecule has 0 saturated heterocycles. The van der Waals surface area contributed by atoms with Gasteiger partial charge in [0.15, 0.2) is 0 Å². The van der Waals surface area contributed by atoms with Crippen molar-refractivity contribution in [3.05, 3.63) is 21.1 Å². The van der Waals surface area contributed by atoms with Crippen LogP contribution in [0.5, 0.6) is 0 Å². The molecule has 0 spiro atoms. The number of rotatable bonds is 1. The summed E-state index contributed by atoms with van der Waals surface area (Å²) in [6, 6.07) is 1.58. The van der Waals surface area contributed by atoms with Crippen LogP contribution in [0.3, 0.4) is 0 Å². The Bertz CT molecular complexity index is 232. The number of nitrogens with two attached hydrogens (primary N) is 1. The van der Waals surface area contributed by atoms with Gasteiger partial charge in [0.05, 0.1) is 0 Å². The van der Waals surface area contributed by atoms with Crippen molar-refractivity contribution >= 4 is 24.8 Å². The summed E-state index contributed by atoms with van der Waals surface area (Å²) in [6.07, 6.45) is 0. The molecule has 9 heavy (non-hydrogen) atoms. The standard InChI is InChI=1S/C4H4N2O2Se/c5-3-1-2-9-4(3)6(7)8/h1-2H,5H2. The van der Waals surface area contributed by atoms with Crippen molar-refractivity contribution in [3.8, 4) is 0 Å². The predicted molar refractivity (Wildman–Crippen MR) is 34.4 cm³/mol. The Balaban J connectivity index is 3.08. The number of nitro groups is 1. The number of anilines is 1. The van der Waals surface area contributed by atoms with Gasteiger partial charge in [-0.05, 0) is 0 Å². The van der Waals surface area contributed by atoms with Crippen LogP contribution < -0.4 is 5.73 Å². The monoisotopic (exact) mass is 192 g/mol. The van der Waals surface area contributed by atoms with Crippen LogP contribution in [0.2, 0.25) is 0 Å². The van der Waals surface area contributed by atoms with Gasteiger partial charge in [-0.15, -0.1) is 0 Å². The Kier molecular flexibility index (Phi) is 1.55. The normalized spacial score (nSPS) is 9.33. The maximum atomic E-state index is 10.1. The van der Waals surface area contributed by atoms with Gasteiger partial charge in [-0.1, -0.05) is 0 Å². The van der Waals surface area contributed by atoms with Crippen LogP contribution in [0.1, 0.15) is 0 Å². The van der Waals surface area contributed by atoms with Crippen LogP contribution >= 0.6 is 0 Å². The molecule has 0 unspecified atom stereocenters. The van der Waals surface area contributed by atoms with Crippen molar-refractivity contribution in [3.63, 3.8) is 0 Å². The first-order valence-corrected chi connectivity index (χ1v) is 4.03. The number of hydrogen-bond acceptors (Lipinski definition) is 3. The van der Waals surface area contributed by atoms with Crippen LogP contribution in [0.4, 0.5) is 10.2 Å². The van der Waals surface area contributed by atoms with Crippen molar-refractivity contribution in [2.45, 2.75) is 0 Å². The first-order chi connectivity index (χ1) is 4.22. The molecular weight excluding hydrogens is 187 g/mol. The van der Waals surface area contributed by atoms with Crippen molar-refractivity contribution in [1.29, 1.82) is 0 Å². The van der Waals surface area contributed by atoms with Gasteiger partial charge in [0, 0.05) is 0 Å². The Morgan fingerprint density at radius 1 is 1.78 bits per heavy atom. The zero-order valence-corrected chi connectivity index (χ0v) is 6.12. The molecule has 4 nitrogen and oxygen atoms in total. The molecule has 0 aromatic carbocycles. The van der Waals surface area contributed by atoms with Crippen molar-refractivity contribution in [2.75, 3.05) is 5.73 Å². The Labute approximate surface area is 57.2 Å². The zero-order valence-electron chi connectivity index (χ0n) is 4.40. The first-order valence-electron chi connectivity index (χ1n) is 2.19. The van der Waals surface area contributed by atoms with Gasteiger partial charge >= 0.3 is 56.5 Å². The summed E-state index contributed by atoms with van der Waals surface area (Å²) in [6.45, 7) is 0. The van der Waals surface area contributed by atoms with E-state index in [0.717, 1.165) is 0 Å². The summed E-state index contributed by atoms with van der Waals surface area (Å²) in [5, 5.41) is 10.1. The SMILES string of the molecule is Nc1cc[se]c1[N+](=O)[O-]. The summed E-state index contributed by atoms with van der Waals surface area (Å²) >= 11 is -0.145. The van der Waals surface area contributed by atoms with Crippen LogP contribution in [-0.2, 0) is 0 Å². The van der Waals surface area contributed by atoms with E-state index in [1.807, 2.05) is 0 Å². The molecule has 0 aliphatic carbocycles. The molecule has 0 fully saturated rings. The molecule has 0 aliphatic heterocycles. The maximum absolute atomic E-state index is 10.1. The molecule has 2 N–H and O–H groups in total. The van der Waals surface area contributed by atoms with Crippen LogP contribution in [-0.4, -0.2) is 19.4 Å². The topological polar surface area (TPSA) is 69.2 Å². The number of nitrogens with zero attached hydrogens (tertiary/aromatic N) is 1. The van der Waals surface area contributed by atoms with Gasteiger partial charge in [0.25, 0.3) is 0 Å². The molecule has 0 atom stereocenters. The van der Waals surface area contributed by atoms with Crippen LogP contribution in [0.15, 0.2) is 11.0 Å². The molecule has 0 bridgehead atoms. The average molecular weight is 191 g/mol. The molecular formula is C4H4N2O2Se. The molecule has 0 radical (unpaired) electrons. The van der Waals surface area contributed by atoms with E-state index in [2.05, 4.69) is 0 Å². The number of hydrogen-bond donors (Lipinski definition) is 1. The fourth-order valence-electron chi connectivity index (χ4n) is 0.460. The van der Waals surface area contributed by atoms with E-state index in [1.54, 1.807) is 11.0 Å². The fourth-order valence-corrected chi connectivity index (χ4v) is 1.79. The summed E-state index contributed by atoms with van der Waals surface area (Å²) in [7, 11) is 0. The van der Waals surface area contributed by atoms with Gasteiger partial charge in [-0.25, -0.2) is 0 Å². The molecule has 5 heteroatoms. The van der Waals surface area contributed by atoms with Gasteiger partial charge in [-0.3, -0.25) is 0 Å². The van der Waals surface area contributed by atoms with E-state index in [0.29, 0.717) is 5.69 Å². The van der Waals surface area contributed by atoms with Crippen LogP contribution in [0, 0.1) is 10.1 Å². The molecule has 48 valence electrons. The summed E-state index contributed by atoms with van der Waals surface area (Å²) in [4.78, 5) is 11.4. The Morgan fingerprint density at radius 2 is 2.44 bits per heavy atom. The van der Waals surface area contributed by atoms with E-state index in [4.69, 9.17) is 5.73 Å². The fraction of sp³-hybridized carbons (Fsp3) is 0. The summed E-state index contributed by atoms with van der Waals surface area (Å²) in [5.41, 5.74) is 5.55. The summed E-state index contributed by atoms with van der Waals surface area (Å²) in [5.74, 6) is 0. The van der Waals surface area contributed by atoms with Gasteiger partial charge in [0.1, 0.15) is 0 Å². The molecule has 1 aromatic rings. The van der Waals surface area contributed by atoms with E-state index >= 15 is 0 Å². The first kappa shape index (κ1) is 6.32. The van der Waals surface area contributed by atoms with Crippen molar-refractivity contribution in [1.82, 2.24) is 0 Å². The van der Waals surface area contributed by atoms with Gasteiger partial charge in [0.2, 0.25) is 0 Å². The van der Waals surface area contributed by atoms with Gasteiger partial charge < -0.3 is 0 Å². The molecule has 0 amide bonds. The third-order valence-corrected chi connectivity index (χ3v) is 2.69. The second kappa shape index (κ2) is 2.21. The summed E-state index contributed by atoms with van der Waals surface area (Å²) < 4.78 is 0.169. The van der Waals surface area contributed by atoms with Crippen molar-refractivity contribution in [2.24, 2.45) is 0 Å². The third-order valence-electron chi connectivity index (χ3n) is 0.840.